The number of nitrogens with zero attached hydrogens (tertiary/aromatic N) is 3. The number of fused-ring (bicyclic) bond motifs is 1. The Morgan fingerprint density at radius 2 is 1.84 bits per heavy atom. The molecule has 1 atom stereocenters. The smallest absolute Gasteiger partial charge is 0.424 e. The van der Waals surface area contributed by atoms with Gasteiger partial charge in [-0.2, -0.15) is 18.3 Å². The normalized spacial score (nSPS) is 14.9. The fourth-order valence-corrected chi connectivity index (χ4v) is 5.14. The second kappa shape index (κ2) is 12.3. The maximum atomic E-state index is 14.7. The number of primary amides is 1. The molecule has 4 aromatic rings. The minimum absolute atomic E-state index is 0.0231. The van der Waals surface area contributed by atoms with Crippen LogP contribution in [0.4, 0.5) is 17.6 Å². The maximum Gasteiger partial charge on any atom is 0.424 e. The molecule has 0 aliphatic heterocycles. The number of carbonyl (C=O) groups excluding carboxylic acids is 2. The second-order valence-electron chi connectivity index (χ2n) is 10.8. The highest BCUT2D eigenvalue weighted by molar-refractivity contribution is 5.95. The number of aromatic nitrogens is 3. The van der Waals surface area contributed by atoms with Crippen molar-refractivity contribution in [2.24, 2.45) is 5.73 Å². The number of amides is 2. The van der Waals surface area contributed by atoms with Gasteiger partial charge < -0.3 is 25.6 Å². The molecule has 3 aromatic heterocycles. The van der Waals surface area contributed by atoms with E-state index < -0.39 is 48.1 Å². The van der Waals surface area contributed by atoms with E-state index in [1.807, 2.05) is 0 Å². The minimum atomic E-state index is -5.35. The van der Waals surface area contributed by atoms with Gasteiger partial charge in [-0.1, -0.05) is 6.42 Å². The van der Waals surface area contributed by atoms with Crippen molar-refractivity contribution in [2.45, 2.75) is 50.3 Å². The predicted molar refractivity (Wildman–Crippen MR) is 154 cm³/mol. The van der Waals surface area contributed by atoms with Crippen molar-refractivity contribution in [2.75, 3.05) is 20.3 Å². The highest BCUT2D eigenvalue weighted by Gasteiger charge is 2.56. The summed E-state index contributed by atoms with van der Waals surface area (Å²) in [6.45, 7) is 0.325. The average Bonchev–Trinajstić information content (AvgIpc) is 3.38. The zero-order chi connectivity index (χ0) is 32.5. The molecule has 0 spiro atoms. The Balaban J connectivity index is 1.53. The number of aliphatic hydroxyl groups is 1. The molecule has 45 heavy (non-hydrogen) atoms. The summed E-state index contributed by atoms with van der Waals surface area (Å²) < 4.78 is 70.2. The van der Waals surface area contributed by atoms with Gasteiger partial charge in [-0.05, 0) is 62.2 Å². The number of alkyl halides is 3. The number of methoxy groups -OCH3 is 1. The average molecular weight is 630 g/mol. The number of nitrogens with one attached hydrogen (secondary N) is 1. The second-order valence-corrected chi connectivity index (χ2v) is 10.8. The van der Waals surface area contributed by atoms with E-state index in [9.17, 15) is 32.3 Å². The molecule has 1 fully saturated rings. The number of halogens is 4. The lowest BCUT2D eigenvalue weighted by atomic mass is 9.83. The lowest BCUT2D eigenvalue weighted by molar-refractivity contribution is -0.265. The third-order valence-corrected chi connectivity index (χ3v) is 7.76. The van der Waals surface area contributed by atoms with Crippen LogP contribution >= 0.6 is 0 Å². The molecule has 0 radical (unpaired) electrons. The van der Waals surface area contributed by atoms with Gasteiger partial charge in [0.1, 0.15) is 17.3 Å². The monoisotopic (exact) mass is 629 g/mol. The van der Waals surface area contributed by atoms with E-state index in [1.54, 1.807) is 13.0 Å². The summed E-state index contributed by atoms with van der Waals surface area (Å²) in [4.78, 5) is 29.2. The molecule has 238 valence electrons. The van der Waals surface area contributed by atoms with Crippen molar-refractivity contribution in [3.05, 3.63) is 76.9 Å². The zero-order valence-electron chi connectivity index (χ0n) is 24.4. The summed E-state index contributed by atoms with van der Waals surface area (Å²) in [5, 5.41) is 17.9. The van der Waals surface area contributed by atoms with Crippen LogP contribution in [0.3, 0.4) is 0 Å². The lowest BCUT2D eigenvalue weighted by Crippen LogP contribution is -2.51. The predicted octanol–water partition coefficient (Wildman–Crippen LogP) is 4.42. The molecule has 2 amide bonds. The number of benzene rings is 1. The van der Waals surface area contributed by atoms with Crippen LogP contribution in [0.15, 0.2) is 48.5 Å². The highest BCUT2D eigenvalue weighted by Crippen LogP contribution is 2.42. The largest absolute Gasteiger partial charge is 0.491 e. The van der Waals surface area contributed by atoms with E-state index in [0.29, 0.717) is 5.52 Å². The van der Waals surface area contributed by atoms with E-state index in [2.05, 4.69) is 15.4 Å². The number of ether oxygens (including phenoxy) is 2. The summed E-state index contributed by atoms with van der Waals surface area (Å²) in [5.74, 6) is -1.98. The summed E-state index contributed by atoms with van der Waals surface area (Å²) >= 11 is 0. The van der Waals surface area contributed by atoms with E-state index in [0.717, 1.165) is 43.2 Å². The Hall–Kier alpha value is -4.72. The maximum absolute atomic E-state index is 14.7. The number of nitrogens with two attached hydrogens (primary N) is 1. The summed E-state index contributed by atoms with van der Waals surface area (Å²) in [6.07, 6.45) is -2.84. The zero-order valence-corrected chi connectivity index (χ0v) is 24.4. The van der Waals surface area contributed by atoms with E-state index in [-0.39, 0.29) is 46.5 Å². The molecule has 4 N–H and O–H groups in total. The van der Waals surface area contributed by atoms with Gasteiger partial charge >= 0.3 is 6.18 Å². The fraction of sp³-hybridized carbons (Fsp3) is 0.355. The number of pyridine rings is 2. The first-order valence-electron chi connectivity index (χ1n) is 14.2. The van der Waals surface area contributed by atoms with Crippen LogP contribution in [0, 0.1) is 5.82 Å². The molecule has 1 aliphatic carbocycles. The number of hydrogen-bond donors (Lipinski definition) is 3. The Labute approximate surface area is 255 Å². The quantitative estimate of drug-likeness (QED) is 0.209. The number of rotatable bonds is 11. The SMILES string of the molecule is CCOc1c(CC(N)=O)cc([C@@](O)(CNC(=O)c2cc(OC)n3nc(C4CCC4)cc3c2)C(F)(F)F)nc1-c1ccc(F)cc1. The van der Waals surface area contributed by atoms with Gasteiger partial charge in [-0.3, -0.25) is 9.59 Å². The lowest BCUT2D eigenvalue weighted by Gasteiger charge is -2.31. The topological polar surface area (TPSA) is 141 Å². The van der Waals surface area contributed by atoms with E-state index in [1.165, 1.54) is 35.9 Å². The molecule has 1 saturated carbocycles. The van der Waals surface area contributed by atoms with Crippen LogP contribution in [0.1, 0.15) is 59.4 Å². The van der Waals surface area contributed by atoms with Gasteiger partial charge in [0.15, 0.2) is 0 Å². The van der Waals surface area contributed by atoms with Crippen molar-refractivity contribution >= 4 is 17.3 Å². The molecular weight excluding hydrogens is 598 g/mol. The highest BCUT2D eigenvalue weighted by atomic mass is 19.4. The van der Waals surface area contributed by atoms with Gasteiger partial charge in [0.05, 0.1) is 43.6 Å². The molecule has 10 nitrogen and oxygen atoms in total. The molecule has 1 aromatic carbocycles. The van der Waals surface area contributed by atoms with Crippen molar-refractivity contribution in [3.63, 3.8) is 0 Å². The molecule has 0 bridgehead atoms. The third-order valence-electron chi connectivity index (χ3n) is 7.76. The Bertz CT molecular complexity index is 1740. The van der Waals surface area contributed by atoms with Gasteiger partial charge in [0.25, 0.3) is 5.91 Å². The molecule has 1 aliphatic rings. The Morgan fingerprint density at radius 3 is 2.42 bits per heavy atom. The molecule has 3 heterocycles. The van der Waals surface area contributed by atoms with Crippen LogP contribution in [-0.4, -0.2) is 58.0 Å². The van der Waals surface area contributed by atoms with E-state index >= 15 is 0 Å². The Morgan fingerprint density at radius 1 is 1.13 bits per heavy atom. The first-order valence-corrected chi connectivity index (χ1v) is 14.2. The van der Waals surface area contributed by atoms with Crippen LogP contribution < -0.4 is 20.5 Å². The molecule has 5 rings (SSSR count). The van der Waals surface area contributed by atoms with Crippen LogP contribution in [0.2, 0.25) is 0 Å². The Kier molecular flexibility index (Phi) is 8.70. The summed E-state index contributed by atoms with van der Waals surface area (Å²) in [7, 11) is 1.38. The van der Waals surface area contributed by atoms with Crippen molar-refractivity contribution in [3.8, 4) is 22.9 Å². The van der Waals surface area contributed by atoms with Crippen molar-refractivity contribution in [1.29, 1.82) is 0 Å². The molecular formula is C31H31F4N5O5. The van der Waals surface area contributed by atoms with Crippen LogP contribution in [0.25, 0.3) is 16.8 Å². The van der Waals surface area contributed by atoms with Gasteiger partial charge in [-0.25, -0.2) is 13.9 Å². The van der Waals surface area contributed by atoms with Gasteiger partial charge in [-0.15, -0.1) is 0 Å². The van der Waals surface area contributed by atoms with Crippen LogP contribution in [-0.2, 0) is 16.8 Å². The summed E-state index contributed by atoms with van der Waals surface area (Å²) in [5.41, 5.74) is 1.93. The molecule has 14 heteroatoms. The summed E-state index contributed by atoms with van der Waals surface area (Å²) in [6, 6.07) is 10.1. The van der Waals surface area contributed by atoms with Gasteiger partial charge in [0.2, 0.25) is 17.4 Å². The standard InChI is InChI=1S/C31H31F4N5O5/c1-3-45-28-19(13-25(36)41)12-24(38-27(28)18-7-9-21(32)10-8-18)30(43,31(33,34)35)16-37-29(42)20-11-22-15-23(17-5-4-6-17)39-40(22)26(14-20)44-2/h7-12,14-15,17,43H,3-6,13,16H2,1-2H3,(H2,36,41)(H,37,42)/t30-/m0/s1. The molecule has 0 saturated heterocycles. The minimum Gasteiger partial charge on any atom is -0.491 e. The van der Waals surface area contributed by atoms with Crippen molar-refractivity contribution in [1.82, 2.24) is 19.9 Å². The van der Waals surface area contributed by atoms with Crippen molar-refractivity contribution < 1.29 is 41.7 Å². The van der Waals surface area contributed by atoms with E-state index in [4.69, 9.17) is 15.2 Å². The van der Waals surface area contributed by atoms with Crippen LogP contribution in [0.5, 0.6) is 11.6 Å². The van der Waals surface area contributed by atoms with Gasteiger partial charge in [0, 0.05) is 28.7 Å². The first kappa shape index (κ1) is 31.7. The number of carbonyl (C=O) groups is 2. The third kappa shape index (κ3) is 6.27. The molecule has 0 unspecified atom stereocenters. The number of hydrogen-bond acceptors (Lipinski definition) is 7. The fourth-order valence-electron chi connectivity index (χ4n) is 5.14. The first-order chi connectivity index (χ1) is 21.3.